The molecule has 1 aliphatic heterocycles. The maximum Gasteiger partial charge on any atom is 0.0613 e. The average molecular weight is 571 g/mol. The van der Waals surface area contributed by atoms with E-state index in [1.54, 1.807) is 0 Å². The minimum absolute atomic E-state index is 0.862. The summed E-state index contributed by atoms with van der Waals surface area (Å²) in [5.74, 6) is 0. The lowest BCUT2D eigenvalue weighted by Gasteiger charge is -2.34. The van der Waals surface area contributed by atoms with Gasteiger partial charge < -0.3 is 4.90 Å². The molecule has 0 amide bonds. The van der Waals surface area contributed by atoms with Crippen LogP contribution >= 0.6 is 11.9 Å². The van der Waals surface area contributed by atoms with Crippen molar-refractivity contribution >= 4 is 56.2 Å². The van der Waals surface area contributed by atoms with Gasteiger partial charge in [-0.2, -0.15) is 0 Å². The maximum atomic E-state index is 2.44. The van der Waals surface area contributed by atoms with Gasteiger partial charge in [0.15, 0.2) is 0 Å². The first-order chi connectivity index (χ1) is 21.3. The number of para-hydroxylation sites is 2. The minimum atomic E-state index is 0.862. The molecular formula is C40H30N2S. The van der Waals surface area contributed by atoms with E-state index in [0.717, 1.165) is 6.54 Å². The SMILES string of the molecule is CCN(c1ccccc1)c1ccc2ccccc2c1-c1cccc2c1SN(c1ccccc1)c1ccc3ccccc3c1-2. The van der Waals surface area contributed by atoms with E-state index in [2.05, 4.69) is 168 Å². The highest BCUT2D eigenvalue weighted by molar-refractivity contribution is 8.01. The summed E-state index contributed by atoms with van der Waals surface area (Å²) in [6.07, 6.45) is 0. The molecule has 0 radical (unpaired) electrons. The van der Waals surface area contributed by atoms with Crippen LogP contribution in [0.1, 0.15) is 6.92 Å². The Bertz CT molecular complexity index is 2100. The lowest BCUT2D eigenvalue weighted by Crippen LogP contribution is -2.17. The van der Waals surface area contributed by atoms with Crippen LogP contribution in [0.2, 0.25) is 0 Å². The van der Waals surface area contributed by atoms with E-state index in [0.29, 0.717) is 0 Å². The highest BCUT2D eigenvalue weighted by Crippen LogP contribution is 2.56. The molecule has 0 saturated carbocycles. The summed E-state index contributed by atoms with van der Waals surface area (Å²) in [6.45, 7) is 3.10. The quantitative estimate of drug-likeness (QED) is 0.190. The van der Waals surface area contributed by atoms with Crippen LogP contribution in [0.5, 0.6) is 0 Å². The molecule has 0 atom stereocenters. The van der Waals surface area contributed by atoms with Gasteiger partial charge in [0.1, 0.15) is 0 Å². The Balaban J connectivity index is 1.45. The molecule has 8 rings (SSSR count). The van der Waals surface area contributed by atoms with Gasteiger partial charge in [-0.25, -0.2) is 0 Å². The monoisotopic (exact) mass is 570 g/mol. The van der Waals surface area contributed by atoms with Crippen molar-refractivity contribution in [1.82, 2.24) is 0 Å². The summed E-state index contributed by atoms with van der Waals surface area (Å²) >= 11 is 1.83. The predicted octanol–water partition coefficient (Wildman–Crippen LogP) is 11.6. The van der Waals surface area contributed by atoms with E-state index in [9.17, 15) is 0 Å². The Morgan fingerprint density at radius 1 is 0.535 bits per heavy atom. The van der Waals surface area contributed by atoms with Gasteiger partial charge >= 0.3 is 0 Å². The van der Waals surface area contributed by atoms with Crippen LogP contribution < -0.4 is 9.21 Å². The van der Waals surface area contributed by atoms with Gasteiger partial charge in [-0.3, -0.25) is 4.31 Å². The molecule has 0 unspecified atom stereocenters. The molecule has 3 heteroatoms. The molecule has 0 saturated heterocycles. The van der Waals surface area contributed by atoms with Gasteiger partial charge in [0.05, 0.1) is 11.4 Å². The van der Waals surface area contributed by atoms with Gasteiger partial charge in [0.2, 0.25) is 0 Å². The van der Waals surface area contributed by atoms with Gasteiger partial charge in [-0.1, -0.05) is 115 Å². The van der Waals surface area contributed by atoms with Crippen molar-refractivity contribution in [1.29, 1.82) is 0 Å². The van der Waals surface area contributed by atoms with Crippen molar-refractivity contribution in [3.8, 4) is 22.3 Å². The first-order valence-electron chi connectivity index (χ1n) is 14.8. The molecule has 43 heavy (non-hydrogen) atoms. The third kappa shape index (κ3) is 4.28. The number of fused-ring (bicyclic) bond motifs is 6. The fraction of sp³-hybridized carbons (Fsp3) is 0.0500. The van der Waals surface area contributed by atoms with Crippen LogP contribution in [0.3, 0.4) is 0 Å². The topological polar surface area (TPSA) is 6.48 Å². The van der Waals surface area contributed by atoms with Crippen molar-refractivity contribution in [2.24, 2.45) is 0 Å². The summed E-state index contributed by atoms with van der Waals surface area (Å²) in [4.78, 5) is 3.71. The second kappa shape index (κ2) is 10.7. The minimum Gasteiger partial charge on any atom is -0.341 e. The molecule has 206 valence electrons. The molecule has 0 spiro atoms. The van der Waals surface area contributed by atoms with E-state index < -0.39 is 0 Å². The number of hydrogen-bond donors (Lipinski definition) is 0. The maximum absolute atomic E-state index is 2.44. The molecule has 0 aromatic heterocycles. The first-order valence-corrected chi connectivity index (χ1v) is 15.6. The Morgan fingerprint density at radius 2 is 1.12 bits per heavy atom. The standard InChI is InChI=1S/C40H30N2S/c1-2-41(30-16-5-3-6-17-30)36-26-24-28-14-9-11-20-32(28)38(36)34-22-13-23-35-39-33-21-12-10-15-29(33)25-27-37(39)42(43-40(34)35)31-18-7-4-8-19-31/h3-27H,2H2,1H3. The molecule has 7 aromatic carbocycles. The predicted molar refractivity (Wildman–Crippen MR) is 186 cm³/mol. The molecule has 0 fully saturated rings. The summed E-state index contributed by atoms with van der Waals surface area (Å²) in [6, 6.07) is 55.0. The van der Waals surface area contributed by atoms with Crippen molar-refractivity contribution in [2.75, 3.05) is 15.7 Å². The van der Waals surface area contributed by atoms with Crippen molar-refractivity contribution < 1.29 is 0 Å². The molecule has 0 bridgehead atoms. The molecule has 2 nitrogen and oxygen atoms in total. The van der Waals surface area contributed by atoms with Crippen LogP contribution in [0.25, 0.3) is 43.8 Å². The Morgan fingerprint density at radius 3 is 1.81 bits per heavy atom. The van der Waals surface area contributed by atoms with Gasteiger partial charge in [0, 0.05) is 45.1 Å². The second-order valence-electron chi connectivity index (χ2n) is 10.8. The van der Waals surface area contributed by atoms with Crippen LogP contribution in [0.4, 0.5) is 22.7 Å². The molecule has 1 heterocycles. The lowest BCUT2D eigenvalue weighted by molar-refractivity contribution is 1.03. The summed E-state index contributed by atoms with van der Waals surface area (Å²) < 4.78 is 2.41. The largest absolute Gasteiger partial charge is 0.341 e. The van der Waals surface area contributed by atoms with Gasteiger partial charge in [-0.05, 0) is 76.8 Å². The highest BCUT2D eigenvalue weighted by atomic mass is 32.2. The zero-order valence-corrected chi connectivity index (χ0v) is 24.8. The van der Waals surface area contributed by atoms with Gasteiger partial charge in [0.25, 0.3) is 0 Å². The Labute approximate surface area is 257 Å². The third-order valence-electron chi connectivity index (χ3n) is 8.43. The molecule has 0 N–H and O–H groups in total. The third-order valence-corrected chi connectivity index (χ3v) is 9.65. The normalized spacial score (nSPS) is 12.3. The fourth-order valence-corrected chi connectivity index (χ4v) is 7.70. The molecule has 7 aromatic rings. The van der Waals surface area contributed by atoms with Crippen molar-refractivity contribution in [2.45, 2.75) is 11.8 Å². The first kappa shape index (κ1) is 25.7. The van der Waals surface area contributed by atoms with Crippen LogP contribution in [0, 0.1) is 0 Å². The van der Waals surface area contributed by atoms with E-state index in [-0.39, 0.29) is 0 Å². The molecule has 1 aliphatic rings. The van der Waals surface area contributed by atoms with Crippen LogP contribution in [0.15, 0.2) is 157 Å². The lowest BCUT2D eigenvalue weighted by atomic mass is 9.90. The smallest absolute Gasteiger partial charge is 0.0613 e. The van der Waals surface area contributed by atoms with Gasteiger partial charge in [-0.15, -0.1) is 0 Å². The van der Waals surface area contributed by atoms with E-state index in [1.807, 2.05) is 11.9 Å². The average Bonchev–Trinajstić information content (AvgIpc) is 3.08. The van der Waals surface area contributed by atoms with E-state index in [4.69, 9.17) is 0 Å². The van der Waals surface area contributed by atoms with Crippen LogP contribution in [-0.2, 0) is 0 Å². The van der Waals surface area contributed by atoms with E-state index in [1.165, 1.54) is 71.4 Å². The Kier molecular flexibility index (Phi) is 6.39. The summed E-state index contributed by atoms with van der Waals surface area (Å²) in [7, 11) is 0. The van der Waals surface area contributed by atoms with Crippen molar-refractivity contribution in [3.63, 3.8) is 0 Å². The fourth-order valence-electron chi connectivity index (χ4n) is 6.51. The summed E-state index contributed by atoms with van der Waals surface area (Å²) in [5.41, 5.74) is 9.89. The zero-order chi connectivity index (χ0) is 28.8. The Hall–Kier alpha value is -4.99. The number of rotatable bonds is 5. The number of benzene rings is 7. The van der Waals surface area contributed by atoms with E-state index >= 15 is 0 Å². The van der Waals surface area contributed by atoms with Crippen LogP contribution in [-0.4, -0.2) is 6.54 Å². The number of anilines is 4. The summed E-state index contributed by atoms with van der Waals surface area (Å²) in [5, 5.41) is 5.04. The second-order valence-corrected chi connectivity index (χ2v) is 11.8. The molecular weight excluding hydrogens is 541 g/mol. The highest BCUT2D eigenvalue weighted by Gasteiger charge is 2.30. The number of nitrogens with zero attached hydrogens (tertiary/aromatic N) is 2. The van der Waals surface area contributed by atoms with Crippen molar-refractivity contribution in [3.05, 3.63) is 152 Å². The molecule has 0 aliphatic carbocycles. The number of hydrogen-bond acceptors (Lipinski definition) is 3. The zero-order valence-electron chi connectivity index (χ0n) is 23.9.